The van der Waals surface area contributed by atoms with Crippen LogP contribution in [0.15, 0.2) is 18.2 Å². The molecule has 0 atom stereocenters. The van der Waals surface area contributed by atoms with Crippen molar-refractivity contribution < 1.29 is 9.50 Å². The number of aromatic nitrogens is 2. The van der Waals surface area contributed by atoms with Crippen LogP contribution < -0.4 is 0 Å². The monoisotopic (exact) mass is 328 g/mol. The number of rotatable bonds is 3. The van der Waals surface area contributed by atoms with E-state index >= 15 is 0 Å². The van der Waals surface area contributed by atoms with Crippen LogP contribution in [0.2, 0.25) is 10.2 Å². The Labute approximate surface area is 132 Å². The number of aliphatic hydroxyl groups is 1. The van der Waals surface area contributed by atoms with E-state index < -0.39 is 5.82 Å². The van der Waals surface area contributed by atoms with Crippen molar-refractivity contribution in [2.45, 2.75) is 38.2 Å². The van der Waals surface area contributed by atoms with E-state index in [9.17, 15) is 9.50 Å². The molecule has 0 bridgehead atoms. The first-order chi connectivity index (χ1) is 10.1. The van der Waals surface area contributed by atoms with Crippen LogP contribution >= 0.6 is 23.2 Å². The van der Waals surface area contributed by atoms with Gasteiger partial charge in [-0.25, -0.2) is 9.07 Å². The van der Waals surface area contributed by atoms with Crippen molar-refractivity contribution in [3.8, 4) is 5.69 Å². The fourth-order valence-corrected chi connectivity index (χ4v) is 3.48. The van der Waals surface area contributed by atoms with Gasteiger partial charge in [-0.2, -0.15) is 5.10 Å². The lowest BCUT2D eigenvalue weighted by Gasteiger charge is -2.07. The predicted octanol–water partition coefficient (Wildman–Crippen LogP) is 4.47. The van der Waals surface area contributed by atoms with Crippen LogP contribution in [0.1, 0.15) is 42.9 Å². The molecule has 0 amide bonds. The summed E-state index contributed by atoms with van der Waals surface area (Å²) in [5.41, 5.74) is 1.46. The second kappa shape index (κ2) is 5.95. The number of hydrogen-bond acceptors (Lipinski definition) is 2. The summed E-state index contributed by atoms with van der Waals surface area (Å²) in [5, 5.41) is 14.5. The molecule has 1 aliphatic rings. The molecule has 1 N–H and O–H groups in total. The second-order valence-electron chi connectivity index (χ2n) is 5.28. The molecule has 1 aromatic carbocycles. The fourth-order valence-electron chi connectivity index (χ4n) is 2.96. The number of aliphatic hydroxyl groups excluding tert-OH is 1. The number of benzene rings is 1. The van der Waals surface area contributed by atoms with Crippen LogP contribution in [0.25, 0.3) is 5.69 Å². The molecule has 0 saturated heterocycles. The SMILES string of the molecule is OCc1c(C2CCCC2)nn(-c2c(F)cccc2Cl)c1Cl. The zero-order chi connectivity index (χ0) is 15.0. The molecule has 21 heavy (non-hydrogen) atoms. The highest BCUT2D eigenvalue weighted by molar-refractivity contribution is 6.33. The molecule has 0 unspecified atom stereocenters. The summed E-state index contributed by atoms with van der Waals surface area (Å²) in [6.45, 7) is -0.212. The first-order valence-electron chi connectivity index (χ1n) is 6.96. The molecule has 0 radical (unpaired) electrons. The first-order valence-corrected chi connectivity index (χ1v) is 7.71. The number of hydrogen-bond donors (Lipinski definition) is 1. The van der Waals surface area contributed by atoms with Gasteiger partial charge in [-0.15, -0.1) is 0 Å². The molecule has 2 aromatic rings. The van der Waals surface area contributed by atoms with E-state index in [2.05, 4.69) is 5.10 Å². The number of nitrogens with zero attached hydrogens (tertiary/aromatic N) is 2. The maximum atomic E-state index is 14.1. The molecule has 1 fully saturated rings. The lowest BCUT2D eigenvalue weighted by atomic mass is 10.0. The summed E-state index contributed by atoms with van der Waals surface area (Å²) in [6.07, 6.45) is 4.32. The molecular formula is C15H15Cl2FN2O. The van der Waals surface area contributed by atoms with Gasteiger partial charge in [-0.1, -0.05) is 42.1 Å². The van der Waals surface area contributed by atoms with Gasteiger partial charge in [0.25, 0.3) is 0 Å². The molecule has 3 rings (SSSR count). The van der Waals surface area contributed by atoms with Crippen molar-refractivity contribution in [1.29, 1.82) is 0 Å². The number of para-hydroxylation sites is 1. The Hall–Kier alpha value is -1.10. The van der Waals surface area contributed by atoms with E-state index in [1.807, 2.05) is 0 Å². The van der Waals surface area contributed by atoms with Crippen molar-refractivity contribution >= 4 is 23.2 Å². The lowest BCUT2D eigenvalue weighted by Crippen LogP contribution is -2.03. The van der Waals surface area contributed by atoms with Gasteiger partial charge in [0.2, 0.25) is 0 Å². The van der Waals surface area contributed by atoms with Gasteiger partial charge in [-0.05, 0) is 25.0 Å². The van der Waals surface area contributed by atoms with Crippen LogP contribution in [0.3, 0.4) is 0 Å². The minimum absolute atomic E-state index is 0.128. The molecule has 1 saturated carbocycles. The van der Waals surface area contributed by atoms with E-state index in [4.69, 9.17) is 23.2 Å². The Morgan fingerprint density at radius 3 is 2.62 bits per heavy atom. The van der Waals surface area contributed by atoms with Gasteiger partial charge < -0.3 is 5.11 Å². The van der Waals surface area contributed by atoms with Gasteiger partial charge >= 0.3 is 0 Å². The summed E-state index contributed by atoms with van der Waals surface area (Å²) in [5.74, 6) is -0.217. The Kier molecular flexibility index (Phi) is 4.20. The van der Waals surface area contributed by atoms with Crippen LogP contribution in [0.4, 0.5) is 4.39 Å². The summed E-state index contributed by atoms with van der Waals surface area (Å²) >= 11 is 12.4. The van der Waals surface area contributed by atoms with E-state index in [1.165, 1.54) is 16.8 Å². The summed E-state index contributed by atoms with van der Waals surface area (Å²) in [7, 11) is 0. The van der Waals surface area contributed by atoms with Crippen molar-refractivity contribution in [3.05, 3.63) is 45.4 Å². The molecule has 1 heterocycles. The Bertz CT molecular complexity index is 646. The average Bonchev–Trinajstić information content (AvgIpc) is 3.07. The van der Waals surface area contributed by atoms with E-state index in [0.29, 0.717) is 5.56 Å². The minimum atomic E-state index is -0.491. The van der Waals surface area contributed by atoms with Crippen molar-refractivity contribution in [2.24, 2.45) is 0 Å². The first kappa shape index (κ1) is 14.8. The third-order valence-electron chi connectivity index (χ3n) is 4.00. The van der Waals surface area contributed by atoms with Gasteiger partial charge in [0.1, 0.15) is 16.7 Å². The molecular weight excluding hydrogens is 314 g/mol. The zero-order valence-corrected chi connectivity index (χ0v) is 12.8. The Balaban J connectivity index is 2.15. The summed E-state index contributed by atoms with van der Waals surface area (Å²) in [6, 6.07) is 4.43. The van der Waals surface area contributed by atoms with Gasteiger partial charge in [-0.3, -0.25) is 0 Å². The van der Waals surface area contributed by atoms with Crippen LogP contribution in [-0.4, -0.2) is 14.9 Å². The maximum Gasteiger partial charge on any atom is 0.150 e. The maximum absolute atomic E-state index is 14.1. The highest BCUT2D eigenvalue weighted by Crippen LogP contribution is 2.39. The molecule has 1 aliphatic carbocycles. The highest BCUT2D eigenvalue weighted by Gasteiger charge is 2.27. The van der Waals surface area contributed by atoms with Crippen molar-refractivity contribution in [3.63, 3.8) is 0 Å². The Morgan fingerprint density at radius 2 is 2.00 bits per heavy atom. The van der Waals surface area contributed by atoms with Crippen LogP contribution in [0.5, 0.6) is 0 Å². The fraction of sp³-hybridized carbons (Fsp3) is 0.400. The molecule has 112 valence electrons. The van der Waals surface area contributed by atoms with Gasteiger partial charge in [0.15, 0.2) is 0 Å². The van der Waals surface area contributed by atoms with E-state index in [-0.39, 0.29) is 28.4 Å². The molecule has 1 aromatic heterocycles. The van der Waals surface area contributed by atoms with Crippen LogP contribution in [0, 0.1) is 5.82 Å². The van der Waals surface area contributed by atoms with Gasteiger partial charge in [0, 0.05) is 11.5 Å². The predicted molar refractivity (Wildman–Crippen MR) is 80.7 cm³/mol. The number of halogens is 3. The standard InChI is InChI=1S/C15H15Cl2FN2O/c16-11-6-3-7-12(18)14(11)20-15(17)10(8-21)13(19-20)9-4-1-2-5-9/h3,6-7,9,21H,1-2,4-5,8H2. The second-order valence-corrected chi connectivity index (χ2v) is 6.04. The topological polar surface area (TPSA) is 38.1 Å². The van der Waals surface area contributed by atoms with Crippen molar-refractivity contribution in [1.82, 2.24) is 9.78 Å². The van der Waals surface area contributed by atoms with E-state index in [1.54, 1.807) is 6.07 Å². The quantitative estimate of drug-likeness (QED) is 0.902. The van der Waals surface area contributed by atoms with Gasteiger partial charge in [0.05, 0.1) is 17.3 Å². The summed E-state index contributed by atoms with van der Waals surface area (Å²) < 4.78 is 15.4. The lowest BCUT2D eigenvalue weighted by molar-refractivity contribution is 0.280. The third-order valence-corrected chi connectivity index (χ3v) is 4.69. The zero-order valence-electron chi connectivity index (χ0n) is 11.3. The largest absolute Gasteiger partial charge is 0.391 e. The third kappa shape index (κ3) is 2.56. The van der Waals surface area contributed by atoms with Crippen molar-refractivity contribution in [2.75, 3.05) is 0 Å². The van der Waals surface area contributed by atoms with Crippen LogP contribution in [-0.2, 0) is 6.61 Å². The molecule has 0 aliphatic heterocycles. The highest BCUT2D eigenvalue weighted by atomic mass is 35.5. The normalized spacial score (nSPS) is 15.8. The molecule has 3 nitrogen and oxygen atoms in total. The Morgan fingerprint density at radius 1 is 1.29 bits per heavy atom. The summed E-state index contributed by atoms with van der Waals surface area (Å²) in [4.78, 5) is 0. The smallest absolute Gasteiger partial charge is 0.150 e. The molecule has 6 heteroatoms. The molecule has 0 spiro atoms. The van der Waals surface area contributed by atoms with E-state index in [0.717, 1.165) is 31.4 Å². The average molecular weight is 329 g/mol. The minimum Gasteiger partial charge on any atom is -0.391 e.